The number of carboxylic acid groups (broad SMARTS) is 1. The normalized spacial score (nSPS) is 24.5. The summed E-state index contributed by atoms with van der Waals surface area (Å²) in [6.45, 7) is 2.18. The molecular formula is C13H17NO3. The molecule has 1 aliphatic carbocycles. The Bertz CT molecular complexity index is 478. The number of pyridine rings is 1. The Kier molecular flexibility index (Phi) is 3.31. The number of aromatic nitrogens is 1. The molecule has 0 radical (unpaired) electrons. The Labute approximate surface area is 99.9 Å². The van der Waals surface area contributed by atoms with E-state index in [2.05, 4.69) is 6.92 Å². The molecular weight excluding hydrogens is 218 g/mol. The fourth-order valence-electron chi connectivity index (χ4n) is 2.62. The van der Waals surface area contributed by atoms with Crippen molar-refractivity contribution in [2.24, 2.45) is 5.92 Å². The first-order valence-electron chi connectivity index (χ1n) is 6.04. The van der Waals surface area contributed by atoms with E-state index in [0.717, 1.165) is 19.3 Å². The molecule has 0 saturated heterocycles. The zero-order chi connectivity index (χ0) is 12.4. The van der Waals surface area contributed by atoms with Gasteiger partial charge in [0.05, 0.1) is 0 Å². The number of hydrogen-bond acceptors (Lipinski definition) is 2. The average molecular weight is 235 g/mol. The first-order valence-corrected chi connectivity index (χ1v) is 6.04. The van der Waals surface area contributed by atoms with Gasteiger partial charge in [-0.05, 0) is 30.9 Å². The minimum atomic E-state index is -1.15. The van der Waals surface area contributed by atoms with Gasteiger partial charge >= 0.3 is 5.97 Å². The number of rotatable bonds is 2. The molecule has 1 unspecified atom stereocenters. The second kappa shape index (κ2) is 4.73. The quantitative estimate of drug-likeness (QED) is 0.855. The Morgan fingerprint density at radius 3 is 2.88 bits per heavy atom. The van der Waals surface area contributed by atoms with Gasteiger partial charge in [-0.1, -0.05) is 19.8 Å². The molecule has 4 heteroatoms. The smallest absolute Gasteiger partial charge is 0.341 e. The highest BCUT2D eigenvalue weighted by Gasteiger charge is 2.22. The highest BCUT2D eigenvalue weighted by atomic mass is 16.4. The van der Waals surface area contributed by atoms with E-state index in [-0.39, 0.29) is 17.2 Å². The van der Waals surface area contributed by atoms with Crippen LogP contribution in [0.25, 0.3) is 0 Å². The maximum Gasteiger partial charge on any atom is 0.341 e. The van der Waals surface area contributed by atoms with Crippen molar-refractivity contribution in [3.05, 3.63) is 34.2 Å². The maximum absolute atomic E-state index is 12.0. The van der Waals surface area contributed by atoms with Crippen LogP contribution >= 0.6 is 0 Å². The molecule has 17 heavy (non-hydrogen) atoms. The third-order valence-corrected chi connectivity index (χ3v) is 3.51. The van der Waals surface area contributed by atoms with Crippen LogP contribution < -0.4 is 5.56 Å². The fourth-order valence-corrected chi connectivity index (χ4v) is 2.62. The van der Waals surface area contributed by atoms with E-state index in [1.54, 1.807) is 16.8 Å². The summed E-state index contributed by atoms with van der Waals surface area (Å²) in [6, 6.07) is 3.17. The van der Waals surface area contributed by atoms with Gasteiger partial charge in [-0.15, -0.1) is 0 Å². The lowest BCUT2D eigenvalue weighted by Gasteiger charge is -2.28. The van der Waals surface area contributed by atoms with Crippen molar-refractivity contribution in [3.63, 3.8) is 0 Å². The first-order chi connectivity index (χ1) is 8.09. The molecule has 1 aromatic rings. The summed E-state index contributed by atoms with van der Waals surface area (Å²) < 4.78 is 1.60. The molecule has 1 aliphatic rings. The molecule has 1 N–H and O–H groups in total. The molecule has 1 saturated carbocycles. The molecule has 0 amide bonds. The Hall–Kier alpha value is -1.58. The molecule has 1 fully saturated rings. The average Bonchev–Trinajstić information content (AvgIpc) is 2.29. The van der Waals surface area contributed by atoms with Gasteiger partial charge in [0.1, 0.15) is 5.56 Å². The predicted molar refractivity (Wildman–Crippen MR) is 64.3 cm³/mol. The predicted octanol–water partition coefficient (Wildman–Crippen LogP) is 2.30. The molecule has 0 aliphatic heterocycles. The Balaban J connectivity index is 2.35. The third kappa shape index (κ3) is 2.40. The topological polar surface area (TPSA) is 59.3 Å². The van der Waals surface area contributed by atoms with E-state index in [1.807, 2.05) is 0 Å². The summed E-state index contributed by atoms with van der Waals surface area (Å²) in [5, 5.41) is 8.93. The van der Waals surface area contributed by atoms with Gasteiger partial charge in [0.15, 0.2) is 0 Å². The second-order valence-corrected chi connectivity index (χ2v) is 4.87. The standard InChI is InChI=1S/C13H17NO3/c1-9-4-2-5-10(8-9)14-7-3-6-11(12(14)15)13(16)17/h3,6-7,9-10H,2,4-5,8H2,1H3,(H,16,17)/t9-,10?/m0/s1. The maximum atomic E-state index is 12.0. The van der Waals surface area contributed by atoms with E-state index in [4.69, 9.17) is 5.11 Å². The van der Waals surface area contributed by atoms with Crippen LogP contribution in [0, 0.1) is 5.92 Å². The first kappa shape index (κ1) is 11.9. The largest absolute Gasteiger partial charge is 0.477 e. The lowest BCUT2D eigenvalue weighted by molar-refractivity contribution is 0.0693. The molecule has 2 rings (SSSR count). The van der Waals surface area contributed by atoms with E-state index < -0.39 is 5.97 Å². The molecule has 0 spiro atoms. The fraction of sp³-hybridized carbons (Fsp3) is 0.538. The zero-order valence-electron chi connectivity index (χ0n) is 9.93. The van der Waals surface area contributed by atoms with Crippen LogP contribution in [0.5, 0.6) is 0 Å². The summed E-state index contributed by atoms with van der Waals surface area (Å²) in [5.41, 5.74) is -0.509. The second-order valence-electron chi connectivity index (χ2n) is 4.87. The Morgan fingerprint density at radius 2 is 2.24 bits per heavy atom. The van der Waals surface area contributed by atoms with Crippen molar-refractivity contribution in [1.82, 2.24) is 4.57 Å². The number of carboxylic acids is 1. The van der Waals surface area contributed by atoms with Crippen LogP contribution in [-0.4, -0.2) is 15.6 Å². The van der Waals surface area contributed by atoms with Gasteiger partial charge in [0, 0.05) is 12.2 Å². The summed E-state index contributed by atoms with van der Waals surface area (Å²) in [4.78, 5) is 22.9. The van der Waals surface area contributed by atoms with Crippen molar-refractivity contribution in [1.29, 1.82) is 0 Å². The number of nitrogens with zero attached hydrogens (tertiary/aromatic N) is 1. The highest BCUT2D eigenvalue weighted by Crippen LogP contribution is 2.31. The van der Waals surface area contributed by atoms with Crippen molar-refractivity contribution in [2.45, 2.75) is 38.6 Å². The van der Waals surface area contributed by atoms with Crippen LogP contribution in [0.15, 0.2) is 23.1 Å². The third-order valence-electron chi connectivity index (χ3n) is 3.51. The van der Waals surface area contributed by atoms with Gasteiger partial charge in [-0.25, -0.2) is 4.79 Å². The summed E-state index contributed by atoms with van der Waals surface area (Å²) >= 11 is 0. The Morgan fingerprint density at radius 1 is 1.47 bits per heavy atom. The highest BCUT2D eigenvalue weighted by molar-refractivity contribution is 5.86. The summed E-state index contributed by atoms with van der Waals surface area (Å²) in [7, 11) is 0. The number of aromatic carboxylic acids is 1. The van der Waals surface area contributed by atoms with Crippen LogP contribution in [-0.2, 0) is 0 Å². The van der Waals surface area contributed by atoms with Gasteiger partial charge in [-0.2, -0.15) is 0 Å². The minimum Gasteiger partial charge on any atom is -0.477 e. The van der Waals surface area contributed by atoms with Crippen molar-refractivity contribution in [2.75, 3.05) is 0 Å². The zero-order valence-corrected chi connectivity index (χ0v) is 9.93. The van der Waals surface area contributed by atoms with E-state index >= 15 is 0 Å². The van der Waals surface area contributed by atoms with Gasteiger partial charge < -0.3 is 9.67 Å². The molecule has 1 heterocycles. The molecule has 4 nitrogen and oxygen atoms in total. The van der Waals surface area contributed by atoms with Crippen LogP contribution in [0.1, 0.15) is 49.0 Å². The SMILES string of the molecule is C[C@H]1CCCC(n2cccc(C(=O)O)c2=O)C1. The van der Waals surface area contributed by atoms with Gasteiger partial charge in [-0.3, -0.25) is 4.79 Å². The van der Waals surface area contributed by atoms with Crippen molar-refractivity contribution < 1.29 is 9.90 Å². The summed E-state index contributed by atoms with van der Waals surface area (Å²) in [6.07, 6.45) is 5.94. The van der Waals surface area contributed by atoms with Crippen LogP contribution in [0.4, 0.5) is 0 Å². The lowest BCUT2D eigenvalue weighted by Crippen LogP contribution is -2.31. The van der Waals surface area contributed by atoms with E-state index in [0.29, 0.717) is 5.92 Å². The number of carbonyl (C=O) groups is 1. The van der Waals surface area contributed by atoms with Crippen molar-refractivity contribution >= 4 is 5.97 Å². The van der Waals surface area contributed by atoms with E-state index in [1.165, 1.54) is 12.5 Å². The number of hydrogen-bond donors (Lipinski definition) is 1. The lowest BCUT2D eigenvalue weighted by atomic mass is 9.87. The molecule has 92 valence electrons. The molecule has 2 atom stereocenters. The minimum absolute atomic E-state index is 0.134. The van der Waals surface area contributed by atoms with Crippen molar-refractivity contribution in [3.8, 4) is 0 Å². The van der Waals surface area contributed by atoms with Gasteiger partial charge in [0.25, 0.3) is 5.56 Å². The van der Waals surface area contributed by atoms with Gasteiger partial charge in [0.2, 0.25) is 0 Å². The monoisotopic (exact) mass is 235 g/mol. The summed E-state index contributed by atoms with van der Waals surface area (Å²) in [5.74, 6) is -0.539. The van der Waals surface area contributed by atoms with E-state index in [9.17, 15) is 9.59 Å². The van der Waals surface area contributed by atoms with Crippen LogP contribution in [0.3, 0.4) is 0 Å². The molecule has 1 aromatic heterocycles. The van der Waals surface area contributed by atoms with Crippen LogP contribution in [0.2, 0.25) is 0 Å². The molecule has 0 aromatic carbocycles. The molecule has 0 bridgehead atoms.